The van der Waals surface area contributed by atoms with E-state index in [0.717, 1.165) is 6.42 Å². The zero-order chi connectivity index (χ0) is 17.5. The zero-order valence-electron chi connectivity index (χ0n) is 14.0. The molecule has 126 valence electrons. The smallest absolute Gasteiger partial charge is 0.274 e. The molecule has 0 radical (unpaired) electrons. The van der Waals surface area contributed by atoms with Gasteiger partial charge in [0.15, 0.2) is 0 Å². The number of para-hydroxylation sites is 2. The molecule has 0 unspecified atom stereocenters. The lowest BCUT2D eigenvalue weighted by Crippen LogP contribution is -2.15. The molecule has 5 nitrogen and oxygen atoms in total. The Morgan fingerprint density at radius 1 is 1.04 bits per heavy atom. The Morgan fingerprint density at radius 3 is 2.60 bits per heavy atom. The third-order valence-electron chi connectivity index (χ3n) is 3.64. The van der Waals surface area contributed by atoms with E-state index >= 15 is 0 Å². The molecule has 0 fully saturated rings. The first kappa shape index (κ1) is 16.6. The second-order valence-electron chi connectivity index (χ2n) is 5.52. The van der Waals surface area contributed by atoms with Crippen LogP contribution in [0.4, 0.5) is 5.69 Å². The van der Waals surface area contributed by atoms with Crippen molar-refractivity contribution in [1.29, 1.82) is 0 Å². The summed E-state index contributed by atoms with van der Waals surface area (Å²) in [4.78, 5) is 20.5. The van der Waals surface area contributed by atoms with Crippen molar-refractivity contribution in [1.82, 2.24) is 9.97 Å². The molecular weight excluding hydrogens is 314 g/mol. The summed E-state index contributed by atoms with van der Waals surface area (Å²) in [5.74, 6) is 0.905. The average molecular weight is 333 g/mol. The van der Waals surface area contributed by atoms with Crippen LogP contribution in [0, 0.1) is 6.92 Å². The Balaban J connectivity index is 1.65. The molecule has 2 aromatic carbocycles. The zero-order valence-corrected chi connectivity index (χ0v) is 14.0. The summed E-state index contributed by atoms with van der Waals surface area (Å²) in [5, 5.41) is 2.85. The van der Waals surface area contributed by atoms with Gasteiger partial charge in [-0.2, -0.15) is 0 Å². The first-order chi connectivity index (χ1) is 12.2. The lowest BCUT2D eigenvalue weighted by molar-refractivity contribution is 0.102. The number of amides is 1. The van der Waals surface area contributed by atoms with Crippen LogP contribution in [0.5, 0.6) is 5.75 Å². The first-order valence-corrected chi connectivity index (χ1v) is 8.09. The predicted octanol–water partition coefficient (Wildman–Crippen LogP) is 3.66. The predicted molar refractivity (Wildman–Crippen MR) is 96.8 cm³/mol. The topological polar surface area (TPSA) is 64.1 Å². The number of ether oxygens (including phenoxy) is 1. The SMILES string of the molecule is Cc1nccc(C(=O)Nc2ccccc2OCCc2ccccc2)n1. The minimum atomic E-state index is -0.287. The number of aryl methyl sites for hydroxylation is 1. The second kappa shape index (κ2) is 8.06. The molecule has 3 rings (SSSR count). The highest BCUT2D eigenvalue weighted by molar-refractivity contribution is 6.03. The van der Waals surface area contributed by atoms with Crippen LogP contribution in [0.3, 0.4) is 0 Å². The summed E-state index contributed by atoms with van der Waals surface area (Å²) in [6.45, 7) is 2.28. The number of aromatic nitrogens is 2. The fourth-order valence-electron chi connectivity index (χ4n) is 2.39. The van der Waals surface area contributed by atoms with Crippen LogP contribution in [-0.2, 0) is 6.42 Å². The van der Waals surface area contributed by atoms with Gasteiger partial charge in [0.05, 0.1) is 12.3 Å². The number of carbonyl (C=O) groups excluding carboxylic acids is 1. The highest BCUT2D eigenvalue weighted by Gasteiger charge is 2.11. The van der Waals surface area contributed by atoms with Gasteiger partial charge in [0.1, 0.15) is 17.3 Å². The molecule has 5 heteroatoms. The number of nitrogens with one attached hydrogen (secondary N) is 1. The molecule has 0 aliphatic heterocycles. The maximum atomic E-state index is 12.4. The van der Waals surface area contributed by atoms with Crippen LogP contribution < -0.4 is 10.1 Å². The number of nitrogens with zero attached hydrogens (tertiary/aromatic N) is 2. The molecule has 0 atom stereocenters. The molecule has 0 saturated carbocycles. The summed E-state index contributed by atoms with van der Waals surface area (Å²) in [6.07, 6.45) is 2.37. The molecule has 3 aromatic rings. The van der Waals surface area contributed by atoms with E-state index in [1.807, 2.05) is 42.5 Å². The van der Waals surface area contributed by atoms with Gasteiger partial charge in [-0.05, 0) is 30.7 Å². The van der Waals surface area contributed by atoms with E-state index in [9.17, 15) is 4.79 Å². The molecule has 1 aromatic heterocycles. The van der Waals surface area contributed by atoms with Crippen molar-refractivity contribution >= 4 is 11.6 Å². The van der Waals surface area contributed by atoms with Gasteiger partial charge < -0.3 is 10.1 Å². The monoisotopic (exact) mass is 333 g/mol. The molecule has 25 heavy (non-hydrogen) atoms. The van der Waals surface area contributed by atoms with Crippen molar-refractivity contribution in [3.8, 4) is 5.75 Å². The molecular formula is C20H19N3O2. The van der Waals surface area contributed by atoms with Gasteiger partial charge in [0, 0.05) is 12.6 Å². The maximum Gasteiger partial charge on any atom is 0.274 e. The summed E-state index contributed by atoms with van der Waals surface area (Å²) in [6, 6.07) is 19.1. The van der Waals surface area contributed by atoms with Crippen LogP contribution in [0.25, 0.3) is 0 Å². The van der Waals surface area contributed by atoms with E-state index in [4.69, 9.17) is 4.74 Å². The average Bonchev–Trinajstić information content (AvgIpc) is 2.64. The van der Waals surface area contributed by atoms with Crippen molar-refractivity contribution in [2.75, 3.05) is 11.9 Å². The fraction of sp³-hybridized carbons (Fsp3) is 0.150. The van der Waals surface area contributed by atoms with E-state index in [2.05, 4.69) is 27.4 Å². The van der Waals surface area contributed by atoms with Crippen molar-refractivity contribution in [2.45, 2.75) is 13.3 Å². The second-order valence-corrected chi connectivity index (χ2v) is 5.52. The van der Waals surface area contributed by atoms with E-state index in [0.29, 0.717) is 29.6 Å². The summed E-state index contributed by atoms with van der Waals surface area (Å²) < 4.78 is 5.85. The van der Waals surface area contributed by atoms with Crippen molar-refractivity contribution < 1.29 is 9.53 Å². The van der Waals surface area contributed by atoms with E-state index in [1.165, 1.54) is 5.56 Å². The molecule has 1 amide bonds. The Morgan fingerprint density at radius 2 is 1.80 bits per heavy atom. The Bertz CT molecular complexity index is 850. The molecule has 0 bridgehead atoms. The standard InChI is InChI=1S/C20H19N3O2/c1-15-21-13-11-18(22-15)20(24)23-17-9-5-6-10-19(17)25-14-12-16-7-3-2-4-8-16/h2-11,13H,12,14H2,1H3,(H,23,24). The third kappa shape index (κ3) is 4.64. The number of benzene rings is 2. The fourth-order valence-corrected chi connectivity index (χ4v) is 2.39. The Hall–Kier alpha value is -3.21. The molecule has 1 N–H and O–H groups in total. The van der Waals surface area contributed by atoms with Crippen LogP contribution in [0.2, 0.25) is 0 Å². The highest BCUT2D eigenvalue weighted by Crippen LogP contribution is 2.24. The molecule has 0 aliphatic rings. The van der Waals surface area contributed by atoms with Crippen molar-refractivity contribution in [3.63, 3.8) is 0 Å². The third-order valence-corrected chi connectivity index (χ3v) is 3.64. The van der Waals surface area contributed by atoms with E-state index in [1.54, 1.807) is 19.2 Å². The quantitative estimate of drug-likeness (QED) is 0.748. The lowest BCUT2D eigenvalue weighted by Gasteiger charge is -2.12. The van der Waals surface area contributed by atoms with Crippen LogP contribution >= 0.6 is 0 Å². The summed E-state index contributed by atoms with van der Waals surface area (Å²) in [5.41, 5.74) is 2.16. The molecule has 0 saturated heterocycles. The number of rotatable bonds is 6. The molecule has 1 heterocycles. The van der Waals surface area contributed by atoms with Crippen LogP contribution in [0.15, 0.2) is 66.9 Å². The first-order valence-electron chi connectivity index (χ1n) is 8.09. The minimum absolute atomic E-state index is 0.287. The van der Waals surface area contributed by atoms with Gasteiger partial charge in [0.25, 0.3) is 5.91 Å². The van der Waals surface area contributed by atoms with Gasteiger partial charge in [-0.3, -0.25) is 4.79 Å². The largest absolute Gasteiger partial charge is 0.491 e. The van der Waals surface area contributed by atoms with Crippen molar-refractivity contribution in [3.05, 3.63) is 83.9 Å². The van der Waals surface area contributed by atoms with Crippen LogP contribution in [-0.4, -0.2) is 22.5 Å². The van der Waals surface area contributed by atoms with E-state index in [-0.39, 0.29) is 5.91 Å². The molecule has 0 aliphatic carbocycles. The Labute approximate surface area is 146 Å². The van der Waals surface area contributed by atoms with E-state index < -0.39 is 0 Å². The summed E-state index contributed by atoms with van der Waals surface area (Å²) >= 11 is 0. The number of hydrogen-bond acceptors (Lipinski definition) is 4. The lowest BCUT2D eigenvalue weighted by atomic mass is 10.2. The normalized spacial score (nSPS) is 10.3. The van der Waals surface area contributed by atoms with Gasteiger partial charge in [-0.1, -0.05) is 42.5 Å². The highest BCUT2D eigenvalue weighted by atomic mass is 16.5. The number of carbonyl (C=O) groups is 1. The van der Waals surface area contributed by atoms with Crippen molar-refractivity contribution in [2.24, 2.45) is 0 Å². The Kier molecular flexibility index (Phi) is 5.36. The summed E-state index contributed by atoms with van der Waals surface area (Å²) in [7, 11) is 0. The number of anilines is 1. The molecule has 0 spiro atoms. The van der Waals surface area contributed by atoms with Gasteiger partial charge in [0.2, 0.25) is 0 Å². The van der Waals surface area contributed by atoms with Gasteiger partial charge in [-0.15, -0.1) is 0 Å². The van der Waals surface area contributed by atoms with Gasteiger partial charge >= 0.3 is 0 Å². The maximum absolute atomic E-state index is 12.4. The number of hydrogen-bond donors (Lipinski definition) is 1. The minimum Gasteiger partial charge on any atom is -0.491 e. The van der Waals surface area contributed by atoms with Gasteiger partial charge in [-0.25, -0.2) is 9.97 Å². The van der Waals surface area contributed by atoms with Crippen LogP contribution in [0.1, 0.15) is 21.9 Å².